The van der Waals surface area contributed by atoms with Gasteiger partial charge in [-0.1, -0.05) is 23.2 Å². The third kappa shape index (κ3) is 2.44. The fourth-order valence-corrected chi connectivity index (χ4v) is 3.45. The highest BCUT2D eigenvalue weighted by Crippen LogP contribution is 2.30. The van der Waals surface area contributed by atoms with Gasteiger partial charge in [0.1, 0.15) is 9.34 Å². The van der Waals surface area contributed by atoms with Gasteiger partial charge < -0.3 is 5.32 Å². The summed E-state index contributed by atoms with van der Waals surface area (Å²) in [4.78, 5) is 4.19. The summed E-state index contributed by atoms with van der Waals surface area (Å²) in [6.07, 6.45) is 3.47. The standard InChI is InChI=1S/C11H7Cl2N3S2/c12-8-2-7(1-6-3-16-18-11(6)8)14-5-10-15-4-9(13)17-10/h1-4,14H,5H2. The number of benzene rings is 1. The Morgan fingerprint density at radius 1 is 1.22 bits per heavy atom. The molecule has 0 aliphatic carbocycles. The minimum absolute atomic E-state index is 0.636. The summed E-state index contributed by atoms with van der Waals surface area (Å²) in [5, 5.41) is 5.99. The predicted octanol–water partition coefficient (Wildman–Crippen LogP) is 4.67. The van der Waals surface area contributed by atoms with Crippen molar-refractivity contribution in [3.63, 3.8) is 0 Å². The molecule has 1 N–H and O–H groups in total. The molecule has 0 atom stereocenters. The van der Waals surface area contributed by atoms with Crippen molar-refractivity contribution in [3.05, 3.63) is 38.9 Å². The van der Waals surface area contributed by atoms with Gasteiger partial charge in [-0.15, -0.1) is 11.3 Å². The van der Waals surface area contributed by atoms with E-state index in [1.165, 1.54) is 22.9 Å². The van der Waals surface area contributed by atoms with Crippen molar-refractivity contribution in [1.82, 2.24) is 9.36 Å². The molecule has 1 aromatic carbocycles. The zero-order chi connectivity index (χ0) is 12.5. The summed E-state index contributed by atoms with van der Waals surface area (Å²) in [6.45, 7) is 0.636. The summed E-state index contributed by atoms with van der Waals surface area (Å²) in [6, 6.07) is 3.93. The van der Waals surface area contributed by atoms with E-state index in [1.54, 1.807) is 6.20 Å². The molecule has 3 nitrogen and oxygen atoms in total. The van der Waals surface area contributed by atoms with E-state index >= 15 is 0 Å². The second-order valence-corrected chi connectivity index (χ2v) is 6.57. The highest BCUT2D eigenvalue weighted by molar-refractivity contribution is 7.15. The molecular weight excluding hydrogens is 309 g/mol. The Hall–Kier alpha value is -0.880. The monoisotopic (exact) mass is 315 g/mol. The summed E-state index contributed by atoms with van der Waals surface area (Å²) in [7, 11) is 0. The molecule has 0 amide bonds. The third-order valence-electron chi connectivity index (χ3n) is 2.38. The second-order valence-electron chi connectivity index (χ2n) is 3.61. The maximum atomic E-state index is 6.19. The van der Waals surface area contributed by atoms with Crippen LogP contribution in [0.2, 0.25) is 9.36 Å². The Morgan fingerprint density at radius 2 is 2.11 bits per heavy atom. The summed E-state index contributed by atoms with van der Waals surface area (Å²) in [5.74, 6) is 0. The van der Waals surface area contributed by atoms with E-state index in [0.717, 1.165) is 25.8 Å². The first-order chi connectivity index (χ1) is 8.72. The van der Waals surface area contributed by atoms with Crippen molar-refractivity contribution in [3.8, 4) is 0 Å². The van der Waals surface area contributed by atoms with Crippen LogP contribution in [-0.4, -0.2) is 9.36 Å². The van der Waals surface area contributed by atoms with Crippen LogP contribution >= 0.6 is 46.1 Å². The smallest absolute Gasteiger partial charge is 0.113 e. The molecule has 2 heterocycles. The average Bonchev–Trinajstić information content (AvgIpc) is 2.95. The molecule has 0 saturated carbocycles. The molecule has 0 bridgehead atoms. The van der Waals surface area contributed by atoms with Gasteiger partial charge in [-0.3, -0.25) is 0 Å². The van der Waals surface area contributed by atoms with E-state index < -0.39 is 0 Å². The van der Waals surface area contributed by atoms with Gasteiger partial charge in [0, 0.05) is 17.3 Å². The van der Waals surface area contributed by atoms with Crippen molar-refractivity contribution in [2.45, 2.75) is 6.54 Å². The fourth-order valence-electron chi connectivity index (χ4n) is 1.59. The van der Waals surface area contributed by atoms with Gasteiger partial charge in [-0.25, -0.2) is 4.98 Å². The average molecular weight is 316 g/mol. The van der Waals surface area contributed by atoms with Crippen molar-refractivity contribution in [2.75, 3.05) is 5.32 Å². The minimum atomic E-state index is 0.636. The summed E-state index contributed by atoms with van der Waals surface area (Å²) >= 11 is 14.9. The van der Waals surface area contributed by atoms with E-state index in [1.807, 2.05) is 18.3 Å². The first kappa shape index (κ1) is 12.2. The SMILES string of the molecule is Clc1cnc(CNc2cc(Cl)c3sncc3c2)s1. The molecule has 0 aliphatic heterocycles. The van der Waals surface area contributed by atoms with Crippen LogP contribution in [0.25, 0.3) is 10.1 Å². The van der Waals surface area contributed by atoms with Crippen LogP contribution in [0.15, 0.2) is 24.5 Å². The summed E-state index contributed by atoms with van der Waals surface area (Å²) < 4.78 is 5.84. The number of halogens is 2. The largest absolute Gasteiger partial charge is 0.378 e. The molecule has 0 aliphatic rings. The van der Waals surface area contributed by atoms with Crippen molar-refractivity contribution in [2.24, 2.45) is 0 Å². The second kappa shape index (κ2) is 5.01. The van der Waals surface area contributed by atoms with Crippen LogP contribution in [0.5, 0.6) is 0 Å². The van der Waals surface area contributed by atoms with Gasteiger partial charge in [0.25, 0.3) is 0 Å². The maximum absolute atomic E-state index is 6.19. The number of anilines is 1. The molecule has 92 valence electrons. The molecule has 0 radical (unpaired) electrons. The quantitative estimate of drug-likeness (QED) is 0.763. The number of hydrogen-bond acceptors (Lipinski definition) is 5. The number of fused-ring (bicyclic) bond motifs is 1. The zero-order valence-corrected chi connectivity index (χ0v) is 12.1. The van der Waals surface area contributed by atoms with Crippen LogP contribution in [0.1, 0.15) is 5.01 Å². The number of thiazole rings is 1. The van der Waals surface area contributed by atoms with Crippen molar-refractivity contribution in [1.29, 1.82) is 0 Å². The van der Waals surface area contributed by atoms with Gasteiger partial charge in [0.05, 0.1) is 22.5 Å². The van der Waals surface area contributed by atoms with Crippen LogP contribution in [0, 0.1) is 0 Å². The zero-order valence-electron chi connectivity index (χ0n) is 8.98. The Morgan fingerprint density at radius 3 is 2.89 bits per heavy atom. The lowest BCUT2D eigenvalue weighted by atomic mass is 10.2. The fraction of sp³-hybridized carbons (Fsp3) is 0.0909. The lowest BCUT2D eigenvalue weighted by Gasteiger charge is -2.05. The topological polar surface area (TPSA) is 37.8 Å². The van der Waals surface area contributed by atoms with E-state index in [-0.39, 0.29) is 0 Å². The van der Waals surface area contributed by atoms with Gasteiger partial charge in [0.2, 0.25) is 0 Å². The first-order valence-electron chi connectivity index (χ1n) is 5.10. The Kier molecular flexibility index (Phi) is 3.39. The lowest BCUT2D eigenvalue weighted by molar-refractivity contribution is 1.10. The number of rotatable bonds is 3. The molecule has 0 spiro atoms. The summed E-state index contributed by atoms with van der Waals surface area (Å²) in [5.41, 5.74) is 0.957. The van der Waals surface area contributed by atoms with Crippen molar-refractivity contribution < 1.29 is 0 Å². The third-order valence-corrected chi connectivity index (χ3v) is 4.75. The molecular formula is C11H7Cl2N3S2. The highest BCUT2D eigenvalue weighted by Gasteiger charge is 2.05. The van der Waals surface area contributed by atoms with Crippen LogP contribution in [0.3, 0.4) is 0 Å². The van der Waals surface area contributed by atoms with E-state index in [2.05, 4.69) is 14.7 Å². The van der Waals surface area contributed by atoms with Crippen molar-refractivity contribution >= 4 is 61.8 Å². The molecule has 2 aromatic heterocycles. The predicted molar refractivity (Wildman–Crippen MR) is 79.1 cm³/mol. The Balaban J connectivity index is 1.82. The number of aromatic nitrogens is 2. The van der Waals surface area contributed by atoms with E-state index in [0.29, 0.717) is 10.9 Å². The van der Waals surface area contributed by atoms with Gasteiger partial charge in [-0.05, 0) is 23.7 Å². The number of hydrogen-bond donors (Lipinski definition) is 1. The van der Waals surface area contributed by atoms with Gasteiger partial charge in [-0.2, -0.15) is 4.37 Å². The first-order valence-corrected chi connectivity index (χ1v) is 7.45. The normalized spacial score (nSPS) is 11.0. The minimum Gasteiger partial charge on any atom is -0.378 e. The van der Waals surface area contributed by atoms with Crippen LogP contribution in [0.4, 0.5) is 5.69 Å². The highest BCUT2D eigenvalue weighted by atomic mass is 35.5. The molecule has 3 aromatic rings. The Labute approximate surface area is 122 Å². The molecule has 0 fully saturated rings. The van der Waals surface area contributed by atoms with Gasteiger partial charge >= 0.3 is 0 Å². The molecule has 7 heteroatoms. The Bertz CT molecular complexity index is 692. The molecule has 3 rings (SSSR count). The van der Waals surface area contributed by atoms with Crippen LogP contribution < -0.4 is 5.32 Å². The number of nitrogens with zero attached hydrogens (tertiary/aromatic N) is 2. The molecule has 0 saturated heterocycles. The van der Waals surface area contributed by atoms with Gasteiger partial charge in [0.15, 0.2) is 0 Å². The number of nitrogens with one attached hydrogen (secondary N) is 1. The molecule has 18 heavy (non-hydrogen) atoms. The lowest BCUT2D eigenvalue weighted by Crippen LogP contribution is -1.98. The van der Waals surface area contributed by atoms with E-state index in [4.69, 9.17) is 23.2 Å². The maximum Gasteiger partial charge on any atom is 0.113 e. The van der Waals surface area contributed by atoms with Crippen LogP contribution in [-0.2, 0) is 6.54 Å². The van der Waals surface area contributed by atoms with E-state index in [9.17, 15) is 0 Å². The molecule has 0 unspecified atom stereocenters.